The van der Waals surface area contributed by atoms with Crippen LogP contribution in [0.25, 0.3) is 11.3 Å². The van der Waals surface area contributed by atoms with E-state index in [4.69, 9.17) is 16.3 Å². The highest BCUT2D eigenvalue weighted by Crippen LogP contribution is 2.23. The van der Waals surface area contributed by atoms with Gasteiger partial charge in [0.15, 0.2) is 0 Å². The van der Waals surface area contributed by atoms with E-state index in [2.05, 4.69) is 14.9 Å². The maximum absolute atomic E-state index is 12.4. The highest BCUT2D eigenvalue weighted by molar-refractivity contribution is 7.92. The van der Waals surface area contributed by atoms with E-state index in [0.717, 1.165) is 12.0 Å². The molecule has 0 atom stereocenters. The minimum absolute atomic E-state index is 0.104. The summed E-state index contributed by atoms with van der Waals surface area (Å²) in [5.41, 5.74) is 1.92. The molecule has 27 heavy (non-hydrogen) atoms. The number of nitrogens with one attached hydrogen (secondary N) is 1. The van der Waals surface area contributed by atoms with Gasteiger partial charge in [-0.25, -0.2) is 8.42 Å². The van der Waals surface area contributed by atoms with Gasteiger partial charge in [-0.3, -0.25) is 4.72 Å². The monoisotopic (exact) mass is 403 g/mol. The lowest BCUT2D eigenvalue weighted by atomic mass is 10.1. The van der Waals surface area contributed by atoms with Gasteiger partial charge >= 0.3 is 0 Å². The molecule has 1 N–H and O–H groups in total. The van der Waals surface area contributed by atoms with Crippen LogP contribution in [0.5, 0.6) is 5.88 Å². The van der Waals surface area contributed by atoms with Gasteiger partial charge in [-0.05, 0) is 42.8 Å². The van der Waals surface area contributed by atoms with Crippen LogP contribution in [0.3, 0.4) is 0 Å². The normalized spacial score (nSPS) is 11.2. The Morgan fingerprint density at radius 1 is 1.04 bits per heavy atom. The zero-order chi connectivity index (χ0) is 19.3. The van der Waals surface area contributed by atoms with Crippen LogP contribution < -0.4 is 9.46 Å². The Bertz CT molecular complexity index is 1010. The predicted molar refractivity (Wildman–Crippen MR) is 106 cm³/mol. The fraction of sp³-hybridized carbons (Fsp3) is 0.158. The molecule has 1 heterocycles. The number of nitrogens with zero attached hydrogens (tertiary/aromatic N) is 2. The maximum atomic E-state index is 12.4. The Kier molecular flexibility index (Phi) is 5.93. The van der Waals surface area contributed by atoms with Gasteiger partial charge in [-0.15, -0.1) is 10.2 Å². The van der Waals surface area contributed by atoms with E-state index in [9.17, 15) is 8.42 Å². The number of hydrogen-bond donors (Lipinski definition) is 1. The molecule has 0 saturated heterocycles. The fourth-order valence-corrected chi connectivity index (χ4v) is 3.67. The summed E-state index contributed by atoms with van der Waals surface area (Å²) in [5, 5.41) is 8.52. The molecule has 0 bridgehead atoms. The van der Waals surface area contributed by atoms with Gasteiger partial charge in [0.25, 0.3) is 10.0 Å². The van der Waals surface area contributed by atoms with Gasteiger partial charge in [0.1, 0.15) is 0 Å². The second-order valence-corrected chi connectivity index (χ2v) is 7.86. The van der Waals surface area contributed by atoms with Crippen molar-refractivity contribution in [3.8, 4) is 17.1 Å². The molecule has 0 amide bonds. The number of sulfonamides is 1. The predicted octanol–water partition coefficient (Wildman–Crippen LogP) is 4.39. The lowest BCUT2D eigenvalue weighted by molar-refractivity contribution is 0.302. The quantitative estimate of drug-likeness (QED) is 0.632. The van der Waals surface area contributed by atoms with Crippen LogP contribution in [-0.4, -0.2) is 25.2 Å². The molecule has 140 valence electrons. The number of ether oxygens (including phenoxy) is 1. The van der Waals surface area contributed by atoms with E-state index < -0.39 is 10.0 Å². The van der Waals surface area contributed by atoms with Crippen molar-refractivity contribution in [3.63, 3.8) is 0 Å². The number of anilines is 1. The van der Waals surface area contributed by atoms with Crippen molar-refractivity contribution in [2.24, 2.45) is 0 Å². The first-order valence-corrected chi connectivity index (χ1v) is 10.2. The first-order valence-electron chi connectivity index (χ1n) is 8.33. The molecule has 0 saturated carbocycles. The molecule has 8 heteroatoms. The van der Waals surface area contributed by atoms with Crippen molar-refractivity contribution in [1.29, 1.82) is 0 Å². The maximum Gasteiger partial charge on any atom is 0.261 e. The Labute approximate surface area is 163 Å². The van der Waals surface area contributed by atoms with Crippen LogP contribution in [0.4, 0.5) is 5.69 Å². The second kappa shape index (κ2) is 8.37. The highest BCUT2D eigenvalue weighted by atomic mass is 35.5. The first kappa shape index (κ1) is 19.1. The first-order chi connectivity index (χ1) is 13.0. The van der Waals surface area contributed by atoms with E-state index in [1.165, 1.54) is 12.1 Å². The Morgan fingerprint density at radius 3 is 2.44 bits per heavy atom. The lowest BCUT2D eigenvalue weighted by Crippen LogP contribution is -2.12. The van der Waals surface area contributed by atoms with Gasteiger partial charge < -0.3 is 4.74 Å². The molecule has 0 spiro atoms. The Hall–Kier alpha value is -2.64. The van der Waals surface area contributed by atoms with Crippen molar-refractivity contribution in [1.82, 2.24) is 10.2 Å². The summed E-state index contributed by atoms with van der Waals surface area (Å²) in [6.45, 7) is 2.61. The standard InChI is InChI=1S/C19H18ClN3O3S/c1-2-12-26-19-11-10-18(21-22-19)14-6-8-16(9-7-14)23-27(24,25)17-5-3-4-15(20)13-17/h3-11,13,23H,2,12H2,1H3. The van der Waals surface area contributed by atoms with E-state index in [0.29, 0.717) is 28.9 Å². The van der Waals surface area contributed by atoms with Gasteiger partial charge in [-0.2, -0.15) is 0 Å². The minimum Gasteiger partial charge on any atom is -0.477 e. The smallest absolute Gasteiger partial charge is 0.261 e. The number of rotatable bonds is 7. The van der Waals surface area contributed by atoms with Crippen LogP contribution in [0.15, 0.2) is 65.6 Å². The average Bonchev–Trinajstić information content (AvgIpc) is 2.67. The van der Waals surface area contributed by atoms with Gasteiger partial charge in [-0.1, -0.05) is 36.7 Å². The van der Waals surface area contributed by atoms with Crippen LogP contribution in [-0.2, 0) is 10.0 Å². The highest BCUT2D eigenvalue weighted by Gasteiger charge is 2.14. The Balaban J connectivity index is 1.73. The van der Waals surface area contributed by atoms with E-state index in [-0.39, 0.29) is 4.90 Å². The van der Waals surface area contributed by atoms with Crippen LogP contribution >= 0.6 is 11.6 Å². The number of halogens is 1. The molecule has 0 unspecified atom stereocenters. The molecule has 2 aromatic carbocycles. The molecule has 0 aliphatic heterocycles. The second-order valence-electron chi connectivity index (χ2n) is 5.75. The van der Waals surface area contributed by atoms with Gasteiger partial charge in [0, 0.05) is 22.3 Å². The van der Waals surface area contributed by atoms with E-state index >= 15 is 0 Å². The van der Waals surface area contributed by atoms with Gasteiger partial charge in [0.2, 0.25) is 5.88 Å². The van der Waals surface area contributed by atoms with Gasteiger partial charge in [0.05, 0.1) is 17.2 Å². The van der Waals surface area contributed by atoms with Crippen molar-refractivity contribution < 1.29 is 13.2 Å². The summed E-state index contributed by atoms with van der Waals surface area (Å²) in [6.07, 6.45) is 0.899. The molecule has 6 nitrogen and oxygen atoms in total. The summed E-state index contributed by atoms with van der Waals surface area (Å²) in [7, 11) is -3.71. The van der Waals surface area contributed by atoms with E-state index in [1.807, 2.05) is 13.0 Å². The molecule has 0 fully saturated rings. The third-order valence-corrected chi connectivity index (χ3v) is 5.25. The molecule has 3 rings (SSSR count). The fourth-order valence-electron chi connectivity index (χ4n) is 2.31. The van der Waals surface area contributed by atoms with Crippen molar-refractivity contribution in [3.05, 3.63) is 65.7 Å². The summed E-state index contributed by atoms with van der Waals surface area (Å²) >= 11 is 5.87. The SMILES string of the molecule is CCCOc1ccc(-c2ccc(NS(=O)(=O)c3cccc(Cl)c3)cc2)nn1. The third kappa shape index (κ3) is 4.96. The van der Waals surface area contributed by atoms with Crippen molar-refractivity contribution in [2.45, 2.75) is 18.2 Å². The molecule has 1 aromatic heterocycles. The topological polar surface area (TPSA) is 81.2 Å². The molecule has 0 aliphatic carbocycles. The third-order valence-electron chi connectivity index (χ3n) is 3.63. The summed E-state index contributed by atoms with van der Waals surface area (Å²) in [5.74, 6) is 0.478. The summed E-state index contributed by atoms with van der Waals surface area (Å²) in [6, 6.07) is 16.5. The lowest BCUT2D eigenvalue weighted by Gasteiger charge is -2.09. The minimum atomic E-state index is -3.71. The average molecular weight is 404 g/mol. The Morgan fingerprint density at radius 2 is 1.81 bits per heavy atom. The molecule has 0 radical (unpaired) electrons. The number of aromatic nitrogens is 2. The molecular formula is C19H18ClN3O3S. The van der Waals surface area contributed by atoms with E-state index in [1.54, 1.807) is 42.5 Å². The summed E-state index contributed by atoms with van der Waals surface area (Å²) < 4.78 is 32.8. The molecular weight excluding hydrogens is 386 g/mol. The number of benzene rings is 2. The van der Waals surface area contributed by atoms with Crippen molar-refractivity contribution in [2.75, 3.05) is 11.3 Å². The summed E-state index contributed by atoms with van der Waals surface area (Å²) in [4.78, 5) is 0.104. The zero-order valence-corrected chi connectivity index (χ0v) is 16.2. The number of hydrogen-bond acceptors (Lipinski definition) is 5. The molecule has 3 aromatic rings. The van der Waals surface area contributed by atoms with Crippen molar-refractivity contribution >= 4 is 27.3 Å². The largest absolute Gasteiger partial charge is 0.477 e. The zero-order valence-electron chi connectivity index (χ0n) is 14.6. The molecule has 0 aliphatic rings. The van der Waals surface area contributed by atoms with Crippen LogP contribution in [0.1, 0.15) is 13.3 Å². The van der Waals surface area contributed by atoms with Crippen LogP contribution in [0, 0.1) is 0 Å². The van der Waals surface area contributed by atoms with Crippen LogP contribution in [0.2, 0.25) is 5.02 Å².